The number of ketones is 1. The minimum absolute atomic E-state index is 0.00552. The normalized spacial score (nSPS) is 54.6. The predicted octanol–water partition coefficient (Wildman–Crippen LogP) is 4.42. The number of aliphatic hydroxyl groups excluding tert-OH is 1. The number of carbonyl (C=O) groups excluding carboxylic acids is 2. The molecule has 0 heterocycles. The molecule has 5 rings (SSSR count). The third kappa shape index (κ3) is 2.70. The standard InChI is InChI=1S/C27H42O5/c1-16(28)26-10-6-5-7-18(26)13-22-20-14-23(30)27(31)15-19(32-17(2)29)8-11-25(27,4)21(20)9-12-24(22,26)3/h18-23,30-31H,5-15H2,1-4H3/t18-,19+,20-,21+,22+,23+,24+,25-,26-,27+/m1/s1. The van der Waals surface area contributed by atoms with Crippen LogP contribution in [0.15, 0.2) is 0 Å². The van der Waals surface area contributed by atoms with Crippen molar-refractivity contribution >= 4 is 11.8 Å². The summed E-state index contributed by atoms with van der Waals surface area (Å²) in [4.78, 5) is 24.8. The molecule has 0 amide bonds. The molecule has 0 radical (unpaired) electrons. The van der Waals surface area contributed by atoms with Crippen LogP contribution in [-0.4, -0.2) is 39.8 Å². The molecule has 5 aliphatic rings. The summed E-state index contributed by atoms with van der Waals surface area (Å²) >= 11 is 0. The van der Waals surface area contributed by atoms with Crippen LogP contribution in [0.2, 0.25) is 0 Å². The van der Waals surface area contributed by atoms with Gasteiger partial charge in [-0.3, -0.25) is 9.59 Å². The van der Waals surface area contributed by atoms with E-state index < -0.39 is 11.7 Å². The van der Waals surface area contributed by atoms with Crippen LogP contribution in [0.4, 0.5) is 0 Å². The van der Waals surface area contributed by atoms with Gasteiger partial charge in [0.2, 0.25) is 0 Å². The first-order chi connectivity index (χ1) is 15.0. The molecule has 0 saturated heterocycles. The molecule has 5 fully saturated rings. The summed E-state index contributed by atoms with van der Waals surface area (Å²) in [5.41, 5.74) is -1.78. The molecule has 2 N–H and O–H groups in total. The number of ether oxygens (including phenoxy) is 1. The first-order valence-corrected chi connectivity index (χ1v) is 13.1. The smallest absolute Gasteiger partial charge is 0.302 e. The third-order valence-electron chi connectivity index (χ3n) is 11.8. The molecule has 32 heavy (non-hydrogen) atoms. The maximum Gasteiger partial charge on any atom is 0.302 e. The maximum absolute atomic E-state index is 13.2. The van der Waals surface area contributed by atoms with Gasteiger partial charge in [0.05, 0.1) is 11.7 Å². The summed E-state index contributed by atoms with van der Waals surface area (Å²) in [7, 11) is 0. The van der Waals surface area contributed by atoms with E-state index in [0.29, 0.717) is 42.3 Å². The van der Waals surface area contributed by atoms with Crippen molar-refractivity contribution in [3.8, 4) is 0 Å². The SMILES string of the molecule is CC(=O)O[C@H]1CC[C@]2(C)[C@H]3CC[C@@]4(C)[C@@H](C[C@H]5CCCC[C@@]54C(C)=O)[C@@H]3C[C@H](O)[C@@]2(O)C1. The fourth-order valence-electron chi connectivity index (χ4n) is 10.4. The Labute approximate surface area is 192 Å². The highest BCUT2D eigenvalue weighted by molar-refractivity contribution is 5.84. The van der Waals surface area contributed by atoms with Crippen molar-refractivity contribution in [2.75, 3.05) is 0 Å². The molecular formula is C27H42O5. The molecule has 0 spiro atoms. The molecule has 0 bridgehead atoms. The summed E-state index contributed by atoms with van der Waals surface area (Å²) in [6.07, 6.45) is 9.06. The zero-order valence-electron chi connectivity index (χ0n) is 20.4. The quantitative estimate of drug-likeness (QED) is 0.614. The number of rotatable bonds is 2. The maximum atomic E-state index is 13.2. The van der Waals surface area contributed by atoms with Crippen molar-refractivity contribution in [3.63, 3.8) is 0 Å². The highest BCUT2D eigenvalue weighted by atomic mass is 16.5. The Morgan fingerprint density at radius 2 is 1.62 bits per heavy atom. The van der Waals surface area contributed by atoms with Gasteiger partial charge in [-0.25, -0.2) is 0 Å². The molecule has 5 heteroatoms. The van der Waals surface area contributed by atoms with Gasteiger partial charge in [0.1, 0.15) is 11.9 Å². The molecule has 0 unspecified atom stereocenters. The lowest BCUT2D eigenvalue weighted by Crippen LogP contribution is -2.69. The molecule has 5 saturated carbocycles. The van der Waals surface area contributed by atoms with Crippen molar-refractivity contribution in [1.29, 1.82) is 0 Å². The van der Waals surface area contributed by atoms with Crippen LogP contribution in [0.1, 0.15) is 98.3 Å². The molecule has 0 aromatic heterocycles. The van der Waals surface area contributed by atoms with E-state index in [9.17, 15) is 19.8 Å². The van der Waals surface area contributed by atoms with Gasteiger partial charge in [-0.2, -0.15) is 0 Å². The van der Waals surface area contributed by atoms with Crippen LogP contribution in [-0.2, 0) is 14.3 Å². The number of hydrogen-bond acceptors (Lipinski definition) is 5. The average Bonchev–Trinajstić information content (AvgIpc) is 3.00. The van der Waals surface area contributed by atoms with Crippen molar-refractivity contribution in [2.45, 2.75) is 116 Å². The second kappa shape index (κ2) is 7.28. The Hall–Kier alpha value is -0.940. The Balaban J connectivity index is 1.49. The van der Waals surface area contributed by atoms with Crippen LogP contribution in [0.25, 0.3) is 0 Å². The van der Waals surface area contributed by atoms with Crippen molar-refractivity contribution in [3.05, 3.63) is 0 Å². The van der Waals surface area contributed by atoms with Crippen molar-refractivity contribution in [2.24, 2.45) is 39.9 Å². The number of carbonyl (C=O) groups is 2. The van der Waals surface area contributed by atoms with E-state index in [1.807, 2.05) is 6.92 Å². The second-order valence-corrected chi connectivity index (χ2v) is 12.6. The highest BCUT2D eigenvalue weighted by Gasteiger charge is 2.72. The predicted molar refractivity (Wildman–Crippen MR) is 121 cm³/mol. The Morgan fingerprint density at radius 3 is 2.31 bits per heavy atom. The second-order valence-electron chi connectivity index (χ2n) is 12.6. The zero-order valence-corrected chi connectivity index (χ0v) is 20.4. The summed E-state index contributed by atoms with van der Waals surface area (Å²) in [5, 5.41) is 23.3. The number of hydrogen-bond donors (Lipinski definition) is 2. The topological polar surface area (TPSA) is 83.8 Å². The van der Waals surface area contributed by atoms with Crippen molar-refractivity contribution in [1.82, 2.24) is 0 Å². The lowest BCUT2D eigenvalue weighted by molar-refractivity contribution is -0.267. The number of Topliss-reactive ketones (excluding diaryl/α,β-unsaturated/α-hetero) is 1. The minimum Gasteiger partial charge on any atom is -0.462 e. The van der Waals surface area contributed by atoms with E-state index >= 15 is 0 Å². The van der Waals surface area contributed by atoms with E-state index in [1.54, 1.807) is 0 Å². The van der Waals surface area contributed by atoms with E-state index in [2.05, 4.69) is 13.8 Å². The van der Waals surface area contributed by atoms with Gasteiger partial charge in [-0.15, -0.1) is 0 Å². The molecule has 0 aromatic rings. The fourth-order valence-corrected chi connectivity index (χ4v) is 10.4. The fraction of sp³-hybridized carbons (Fsp3) is 0.926. The Morgan fingerprint density at radius 1 is 0.906 bits per heavy atom. The molecular weight excluding hydrogens is 404 g/mol. The molecule has 0 aromatic carbocycles. The first-order valence-electron chi connectivity index (χ1n) is 13.1. The summed E-state index contributed by atoms with van der Waals surface area (Å²) in [6, 6.07) is 0. The largest absolute Gasteiger partial charge is 0.462 e. The summed E-state index contributed by atoms with van der Waals surface area (Å²) in [5.74, 6) is 1.69. The number of aliphatic hydroxyl groups is 2. The highest BCUT2D eigenvalue weighted by Crippen LogP contribution is 2.74. The van der Waals surface area contributed by atoms with Gasteiger partial charge in [-0.1, -0.05) is 26.7 Å². The van der Waals surface area contributed by atoms with Crippen LogP contribution < -0.4 is 0 Å². The van der Waals surface area contributed by atoms with Crippen LogP contribution >= 0.6 is 0 Å². The Bertz CT molecular complexity index is 810. The van der Waals surface area contributed by atoms with Gasteiger partial charge >= 0.3 is 5.97 Å². The molecule has 180 valence electrons. The molecule has 5 aliphatic carbocycles. The summed E-state index contributed by atoms with van der Waals surface area (Å²) in [6.45, 7) is 7.83. The lowest BCUT2D eigenvalue weighted by atomic mass is 9.41. The van der Waals surface area contributed by atoms with Gasteiger partial charge in [0.25, 0.3) is 0 Å². The minimum atomic E-state index is -1.22. The third-order valence-corrected chi connectivity index (χ3v) is 11.8. The number of fused-ring (bicyclic) bond motifs is 7. The van der Waals surface area contributed by atoms with Crippen molar-refractivity contribution < 1.29 is 24.5 Å². The summed E-state index contributed by atoms with van der Waals surface area (Å²) < 4.78 is 5.48. The average molecular weight is 447 g/mol. The van der Waals surface area contributed by atoms with Crippen LogP contribution in [0.3, 0.4) is 0 Å². The molecule has 10 atom stereocenters. The van der Waals surface area contributed by atoms with E-state index in [-0.39, 0.29) is 28.3 Å². The number of esters is 1. The Kier molecular flexibility index (Phi) is 5.19. The first kappa shape index (κ1) is 22.8. The van der Waals surface area contributed by atoms with Gasteiger partial charge in [-0.05, 0) is 87.4 Å². The molecule has 5 nitrogen and oxygen atoms in total. The zero-order chi connectivity index (χ0) is 23.1. The van der Waals surface area contributed by atoms with Crippen LogP contribution in [0, 0.1) is 39.9 Å². The van der Waals surface area contributed by atoms with Gasteiger partial charge in [0.15, 0.2) is 0 Å². The molecule has 0 aliphatic heterocycles. The van der Waals surface area contributed by atoms with E-state index in [1.165, 1.54) is 13.3 Å². The lowest BCUT2D eigenvalue weighted by Gasteiger charge is -2.66. The van der Waals surface area contributed by atoms with Crippen LogP contribution in [0.5, 0.6) is 0 Å². The monoisotopic (exact) mass is 446 g/mol. The van der Waals surface area contributed by atoms with Gasteiger partial charge < -0.3 is 14.9 Å². The van der Waals surface area contributed by atoms with Gasteiger partial charge in [0, 0.05) is 24.2 Å². The van der Waals surface area contributed by atoms with E-state index in [4.69, 9.17) is 4.74 Å². The van der Waals surface area contributed by atoms with E-state index in [0.717, 1.165) is 51.4 Å².